The molecule has 1 saturated heterocycles. The normalized spacial score (nSPS) is 20.5. The number of fused-ring (bicyclic) bond motifs is 1. The molecule has 29 heavy (non-hydrogen) atoms. The number of aryl methyl sites for hydroxylation is 1. The number of nitrogens with one attached hydrogen (secondary N) is 1. The molecule has 0 spiro atoms. The van der Waals surface area contributed by atoms with E-state index in [-0.39, 0.29) is 22.6 Å². The molecule has 4 rings (SSSR count). The number of carbonyl (C=O) groups is 1. The summed E-state index contributed by atoms with van der Waals surface area (Å²) < 4.78 is 0. The molecule has 2 aromatic rings. The van der Waals surface area contributed by atoms with Crippen molar-refractivity contribution < 1.29 is 9.90 Å². The van der Waals surface area contributed by atoms with E-state index < -0.39 is 0 Å². The molecule has 154 valence electrons. The average Bonchev–Trinajstić information content (AvgIpc) is 2.98. The van der Waals surface area contributed by atoms with E-state index in [0.717, 1.165) is 30.6 Å². The Labute approximate surface area is 172 Å². The lowest BCUT2D eigenvalue weighted by Gasteiger charge is -2.49. The van der Waals surface area contributed by atoms with Crippen LogP contribution in [-0.2, 0) is 6.42 Å². The fourth-order valence-corrected chi connectivity index (χ4v) is 5.07. The second kappa shape index (κ2) is 6.80. The van der Waals surface area contributed by atoms with Gasteiger partial charge in [0.2, 0.25) is 0 Å². The monoisotopic (exact) mass is 394 g/mol. The minimum atomic E-state index is 0.0572. The summed E-state index contributed by atoms with van der Waals surface area (Å²) in [6.45, 7) is 8.96. The van der Waals surface area contributed by atoms with Crippen LogP contribution in [0.1, 0.15) is 62.9 Å². The van der Waals surface area contributed by atoms with Crippen molar-refractivity contribution in [2.75, 3.05) is 11.9 Å². The van der Waals surface area contributed by atoms with Crippen LogP contribution in [-0.4, -0.2) is 45.3 Å². The molecule has 1 aliphatic heterocycles. The molecule has 6 heteroatoms. The topological polar surface area (TPSA) is 78.3 Å². The standard InChI is InChI=1S/C23H30N4O2/c1-22(2)12-15(13-23(3,4)26-22)27(5)21-9-7-18(24-25-21)17-10-14-6-8-19(28)16(14)11-20(17)29/h7,9-11,15,26,29H,6,8,12-13H2,1-5H3. The fraction of sp³-hybridized carbons (Fsp3) is 0.522. The molecule has 0 atom stereocenters. The maximum Gasteiger partial charge on any atom is 0.163 e. The van der Waals surface area contributed by atoms with Crippen molar-refractivity contribution >= 4 is 11.6 Å². The smallest absolute Gasteiger partial charge is 0.163 e. The van der Waals surface area contributed by atoms with Gasteiger partial charge in [-0.05, 0) is 76.8 Å². The number of hydrogen-bond donors (Lipinski definition) is 2. The highest BCUT2D eigenvalue weighted by Crippen LogP contribution is 2.36. The SMILES string of the molecule is CN(c1ccc(-c2cc3c(cc2O)C(=O)CC3)nn1)C1CC(C)(C)NC(C)(C)C1. The van der Waals surface area contributed by atoms with Crippen LogP contribution >= 0.6 is 0 Å². The Kier molecular flexibility index (Phi) is 4.65. The van der Waals surface area contributed by atoms with E-state index in [4.69, 9.17) is 0 Å². The second-order valence-corrected chi connectivity index (χ2v) is 9.79. The largest absolute Gasteiger partial charge is 0.507 e. The van der Waals surface area contributed by atoms with Gasteiger partial charge in [0.1, 0.15) is 5.75 Å². The highest BCUT2D eigenvalue weighted by atomic mass is 16.3. The van der Waals surface area contributed by atoms with E-state index in [0.29, 0.717) is 29.3 Å². The lowest BCUT2D eigenvalue weighted by atomic mass is 9.79. The van der Waals surface area contributed by atoms with Gasteiger partial charge in [-0.25, -0.2) is 0 Å². The number of hydrogen-bond acceptors (Lipinski definition) is 6. The van der Waals surface area contributed by atoms with Gasteiger partial charge in [0.25, 0.3) is 0 Å². The fourth-order valence-electron chi connectivity index (χ4n) is 5.07. The Bertz CT molecular complexity index is 934. The number of piperidine rings is 1. The van der Waals surface area contributed by atoms with E-state index in [1.807, 2.05) is 18.2 Å². The first kappa shape index (κ1) is 19.8. The summed E-state index contributed by atoms with van der Waals surface area (Å²) >= 11 is 0. The Balaban J connectivity index is 1.58. The average molecular weight is 395 g/mol. The lowest BCUT2D eigenvalue weighted by Crippen LogP contribution is -2.62. The van der Waals surface area contributed by atoms with Crippen LogP contribution in [0.4, 0.5) is 5.82 Å². The van der Waals surface area contributed by atoms with Crippen molar-refractivity contribution in [1.82, 2.24) is 15.5 Å². The maximum absolute atomic E-state index is 11.9. The summed E-state index contributed by atoms with van der Waals surface area (Å²) in [7, 11) is 2.07. The van der Waals surface area contributed by atoms with Gasteiger partial charge < -0.3 is 15.3 Å². The second-order valence-electron chi connectivity index (χ2n) is 9.79. The third kappa shape index (κ3) is 3.86. The molecule has 1 aromatic heterocycles. The van der Waals surface area contributed by atoms with Gasteiger partial charge in [-0.15, -0.1) is 10.2 Å². The molecule has 2 heterocycles. The summed E-state index contributed by atoms with van der Waals surface area (Å²) in [5.74, 6) is 0.997. The van der Waals surface area contributed by atoms with Crippen LogP contribution in [0.3, 0.4) is 0 Å². The van der Waals surface area contributed by atoms with E-state index in [2.05, 4.69) is 55.2 Å². The van der Waals surface area contributed by atoms with Crippen molar-refractivity contribution in [3.05, 3.63) is 35.4 Å². The minimum Gasteiger partial charge on any atom is -0.507 e. The zero-order valence-electron chi connectivity index (χ0n) is 17.9. The van der Waals surface area contributed by atoms with Crippen molar-refractivity contribution in [1.29, 1.82) is 0 Å². The summed E-state index contributed by atoms with van der Waals surface area (Å²) in [5, 5.41) is 23.0. The van der Waals surface area contributed by atoms with Gasteiger partial charge in [-0.2, -0.15) is 0 Å². The quantitative estimate of drug-likeness (QED) is 0.826. The summed E-state index contributed by atoms with van der Waals surface area (Å²) in [6.07, 6.45) is 3.28. The van der Waals surface area contributed by atoms with E-state index in [1.165, 1.54) is 0 Å². The number of benzene rings is 1. The molecule has 1 aromatic carbocycles. The van der Waals surface area contributed by atoms with E-state index in [1.54, 1.807) is 6.07 Å². The Morgan fingerprint density at radius 2 is 1.72 bits per heavy atom. The first-order valence-corrected chi connectivity index (χ1v) is 10.3. The number of aromatic nitrogens is 2. The van der Waals surface area contributed by atoms with Gasteiger partial charge in [-0.1, -0.05) is 0 Å². The zero-order chi connectivity index (χ0) is 21.0. The first-order chi connectivity index (χ1) is 13.5. The summed E-state index contributed by atoms with van der Waals surface area (Å²) in [4.78, 5) is 14.1. The summed E-state index contributed by atoms with van der Waals surface area (Å²) in [6, 6.07) is 7.67. The Morgan fingerprint density at radius 1 is 1.03 bits per heavy atom. The number of phenolic OH excluding ortho intramolecular Hbond substituents is 1. The lowest BCUT2D eigenvalue weighted by molar-refractivity contribution is 0.0994. The van der Waals surface area contributed by atoms with Crippen molar-refractivity contribution in [3.8, 4) is 17.0 Å². The van der Waals surface area contributed by atoms with E-state index >= 15 is 0 Å². The summed E-state index contributed by atoms with van der Waals surface area (Å²) in [5.41, 5.74) is 2.97. The number of rotatable bonds is 3. The predicted octanol–water partition coefficient (Wildman–Crippen LogP) is 3.72. The molecular formula is C23H30N4O2. The molecule has 2 aliphatic rings. The molecule has 0 bridgehead atoms. The molecular weight excluding hydrogens is 364 g/mol. The number of ketones is 1. The van der Waals surface area contributed by atoms with Crippen molar-refractivity contribution in [2.45, 2.75) is 70.5 Å². The molecule has 0 unspecified atom stereocenters. The van der Waals surface area contributed by atoms with Gasteiger partial charge >= 0.3 is 0 Å². The number of nitrogens with zero attached hydrogens (tertiary/aromatic N) is 3. The van der Waals surface area contributed by atoms with E-state index in [9.17, 15) is 9.90 Å². The van der Waals surface area contributed by atoms with Crippen LogP contribution in [0.15, 0.2) is 24.3 Å². The molecule has 0 saturated carbocycles. The van der Waals surface area contributed by atoms with Crippen molar-refractivity contribution in [2.24, 2.45) is 0 Å². The number of aromatic hydroxyl groups is 1. The van der Waals surface area contributed by atoms with Gasteiger partial charge in [0.05, 0.1) is 5.69 Å². The van der Waals surface area contributed by atoms with Gasteiger partial charge in [0, 0.05) is 41.7 Å². The molecule has 6 nitrogen and oxygen atoms in total. The molecule has 0 radical (unpaired) electrons. The third-order valence-electron chi connectivity index (χ3n) is 6.15. The molecule has 1 aliphatic carbocycles. The highest BCUT2D eigenvalue weighted by molar-refractivity contribution is 6.01. The predicted molar refractivity (Wildman–Crippen MR) is 115 cm³/mol. The molecule has 0 amide bonds. The molecule has 2 N–H and O–H groups in total. The van der Waals surface area contributed by atoms with Crippen LogP contribution < -0.4 is 10.2 Å². The van der Waals surface area contributed by atoms with Gasteiger partial charge in [-0.3, -0.25) is 4.79 Å². The number of Topliss-reactive ketones (excluding diaryl/α,β-unsaturated/α-hetero) is 1. The van der Waals surface area contributed by atoms with Crippen LogP contribution in [0.5, 0.6) is 5.75 Å². The van der Waals surface area contributed by atoms with Crippen molar-refractivity contribution in [3.63, 3.8) is 0 Å². The number of anilines is 1. The minimum absolute atomic E-state index is 0.0572. The Morgan fingerprint density at radius 3 is 2.34 bits per heavy atom. The zero-order valence-corrected chi connectivity index (χ0v) is 17.9. The highest BCUT2D eigenvalue weighted by Gasteiger charge is 2.39. The number of carbonyl (C=O) groups excluding carboxylic acids is 1. The first-order valence-electron chi connectivity index (χ1n) is 10.3. The maximum atomic E-state index is 11.9. The Hall–Kier alpha value is -2.47. The molecule has 1 fully saturated rings. The van der Waals surface area contributed by atoms with Crippen LogP contribution in [0.2, 0.25) is 0 Å². The van der Waals surface area contributed by atoms with Crippen LogP contribution in [0, 0.1) is 0 Å². The van der Waals surface area contributed by atoms with Crippen LogP contribution in [0.25, 0.3) is 11.3 Å². The number of phenols is 1. The van der Waals surface area contributed by atoms with Gasteiger partial charge in [0.15, 0.2) is 11.6 Å². The third-order valence-corrected chi connectivity index (χ3v) is 6.15.